The first-order chi connectivity index (χ1) is 9.51. The second-order valence-corrected chi connectivity index (χ2v) is 5.29. The van der Waals surface area contributed by atoms with Gasteiger partial charge in [0.15, 0.2) is 5.69 Å². The molecule has 20 heavy (non-hydrogen) atoms. The van der Waals surface area contributed by atoms with E-state index in [9.17, 15) is 4.79 Å². The van der Waals surface area contributed by atoms with Crippen LogP contribution in [0.25, 0.3) is 0 Å². The van der Waals surface area contributed by atoms with Crippen molar-refractivity contribution in [1.29, 1.82) is 0 Å². The SMILES string of the molecule is CC[C@@H](C)c1ccc(NC(=O)c2nn(C)cc2Cl)cc1. The number of benzene rings is 1. The summed E-state index contributed by atoms with van der Waals surface area (Å²) in [4.78, 5) is 12.1. The fourth-order valence-electron chi connectivity index (χ4n) is 1.93. The van der Waals surface area contributed by atoms with Crippen LogP contribution in [-0.2, 0) is 7.05 Å². The molecule has 0 fully saturated rings. The van der Waals surface area contributed by atoms with Gasteiger partial charge in [0.1, 0.15) is 0 Å². The average molecular weight is 292 g/mol. The summed E-state index contributed by atoms with van der Waals surface area (Å²) < 4.78 is 1.52. The van der Waals surface area contributed by atoms with E-state index in [0.29, 0.717) is 10.9 Å². The lowest BCUT2D eigenvalue weighted by Crippen LogP contribution is -2.13. The first-order valence-corrected chi connectivity index (χ1v) is 6.99. The Kier molecular flexibility index (Phi) is 4.45. The Balaban J connectivity index is 2.10. The minimum absolute atomic E-state index is 0.236. The third-order valence-corrected chi connectivity index (χ3v) is 3.63. The molecule has 0 aliphatic carbocycles. The van der Waals surface area contributed by atoms with Crippen LogP contribution in [0.1, 0.15) is 42.2 Å². The molecule has 0 saturated carbocycles. The van der Waals surface area contributed by atoms with Gasteiger partial charge < -0.3 is 5.32 Å². The molecule has 0 saturated heterocycles. The highest BCUT2D eigenvalue weighted by Gasteiger charge is 2.14. The largest absolute Gasteiger partial charge is 0.321 e. The molecule has 2 aromatic rings. The number of aromatic nitrogens is 2. The van der Waals surface area contributed by atoms with Gasteiger partial charge in [-0.15, -0.1) is 0 Å². The summed E-state index contributed by atoms with van der Waals surface area (Å²) in [5.41, 5.74) is 2.24. The van der Waals surface area contributed by atoms with E-state index < -0.39 is 0 Å². The predicted octanol–water partition coefficient (Wildman–Crippen LogP) is 3.84. The van der Waals surface area contributed by atoms with Crippen molar-refractivity contribution >= 4 is 23.2 Å². The van der Waals surface area contributed by atoms with E-state index in [4.69, 9.17) is 11.6 Å². The maximum Gasteiger partial charge on any atom is 0.277 e. The van der Waals surface area contributed by atoms with Crippen molar-refractivity contribution in [2.24, 2.45) is 7.05 Å². The van der Waals surface area contributed by atoms with E-state index in [1.807, 2.05) is 24.3 Å². The van der Waals surface area contributed by atoms with Crippen LogP contribution in [0.5, 0.6) is 0 Å². The Morgan fingerprint density at radius 1 is 1.40 bits per heavy atom. The quantitative estimate of drug-likeness (QED) is 0.930. The van der Waals surface area contributed by atoms with Crippen molar-refractivity contribution in [3.8, 4) is 0 Å². The standard InChI is InChI=1S/C15H18ClN3O/c1-4-10(2)11-5-7-12(8-6-11)17-15(20)14-13(16)9-19(3)18-14/h5-10H,4H2,1-3H3,(H,17,20)/t10-/m1/s1. The summed E-state index contributed by atoms with van der Waals surface area (Å²) in [7, 11) is 1.73. The second-order valence-electron chi connectivity index (χ2n) is 4.88. The van der Waals surface area contributed by atoms with Gasteiger partial charge in [-0.2, -0.15) is 5.10 Å². The fourth-order valence-corrected chi connectivity index (χ4v) is 2.20. The van der Waals surface area contributed by atoms with Gasteiger partial charge in [0.25, 0.3) is 5.91 Å². The first kappa shape index (κ1) is 14.6. The van der Waals surface area contributed by atoms with Crippen LogP contribution in [0.3, 0.4) is 0 Å². The summed E-state index contributed by atoms with van der Waals surface area (Å²) in [5.74, 6) is 0.219. The molecule has 0 bridgehead atoms. The van der Waals surface area contributed by atoms with Crippen molar-refractivity contribution in [1.82, 2.24) is 9.78 Å². The highest BCUT2D eigenvalue weighted by molar-refractivity contribution is 6.34. The lowest BCUT2D eigenvalue weighted by molar-refractivity contribution is 0.102. The normalized spacial score (nSPS) is 12.2. The minimum Gasteiger partial charge on any atom is -0.321 e. The van der Waals surface area contributed by atoms with Crippen molar-refractivity contribution in [2.75, 3.05) is 5.32 Å². The molecule has 1 atom stereocenters. The van der Waals surface area contributed by atoms with Crippen LogP contribution < -0.4 is 5.32 Å². The zero-order chi connectivity index (χ0) is 14.7. The van der Waals surface area contributed by atoms with Crippen LogP contribution >= 0.6 is 11.6 Å². The number of carbonyl (C=O) groups is 1. The number of nitrogens with zero attached hydrogens (tertiary/aromatic N) is 2. The van der Waals surface area contributed by atoms with Crippen LogP contribution in [0.4, 0.5) is 5.69 Å². The van der Waals surface area contributed by atoms with Crippen molar-refractivity contribution in [3.63, 3.8) is 0 Å². The van der Waals surface area contributed by atoms with Gasteiger partial charge in [-0.05, 0) is 30.0 Å². The second kappa shape index (κ2) is 6.09. The number of nitrogens with one attached hydrogen (secondary N) is 1. The van der Waals surface area contributed by atoms with Gasteiger partial charge in [0.2, 0.25) is 0 Å². The molecule has 0 spiro atoms. The van der Waals surface area contributed by atoms with Crippen LogP contribution in [0.15, 0.2) is 30.5 Å². The minimum atomic E-state index is -0.299. The van der Waals surface area contributed by atoms with Gasteiger partial charge in [0, 0.05) is 18.9 Å². The maximum atomic E-state index is 12.1. The summed E-state index contributed by atoms with van der Waals surface area (Å²) >= 11 is 5.95. The highest BCUT2D eigenvalue weighted by atomic mass is 35.5. The summed E-state index contributed by atoms with van der Waals surface area (Å²) in [6.07, 6.45) is 2.69. The Hall–Kier alpha value is -1.81. The third-order valence-electron chi connectivity index (χ3n) is 3.35. The number of hydrogen-bond acceptors (Lipinski definition) is 2. The van der Waals surface area contributed by atoms with E-state index in [0.717, 1.165) is 12.1 Å². The maximum absolute atomic E-state index is 12.1. The third kappa shape index (κ3) is 3.20. The Bertz CT molecular complexity index is 604. The van der Waals surface area contributed by atoms with Crippen molar-refractivity contribution in [3.05, 3.63) is 46.7 Å². The molecule has 106 valence electrons. The predicted molar refractivity (Wildman–Crippen MR) is 81.3 cm³/mol. The lowest BCUT2D eigenvalue weighted by Gasteiger charge is -2.10. The number of rotatable bonds is 4. The number of hydrogen-bond donors (Lipinski definition) is 1. The number of aryl methyl sites for hydroxylation is 1. The highest BCUT2D eigenvalue weighted by Crippen LogP contribution is 2.21. The number of amides is 1. The molecular formula is C15H18ClN3O. The lowest BCUT2D eigenvalue weighted by atomic mass is 9.99. The Morgan fingerprint density at radius 3 is 2.55 bits per heavy atom. The smallest absolute Gasteiger partial charge is 0.277 e. The molecule has 1 heterocycles. The van der Waals surface area contributed by atoms with E-state index in [1.165, 1.54) is 10.2 Å². The van der Waals surface area contributed by atoms with E-state index >= 15 is 0 Å². The monoisotopic (exact) mass is 291 g/mol. The summed E-state index contributed by atoms with van der Waals surface area (Å²) in [6.45, 7) is 4.34. The van der Waals surface area contributed by atoms with Gasteiger partial charge in [0.05, 0.1) is 5.02 Å². The van der Waals surface area contributed by atoms with Gasteiger partial charge >= 0.3 is 0 Å². The molecule has 2 rings (SSSR count). The van der Waals surface area contributed by atoms with E-state index in [1.54, 1.807) is 13.2 Å². The molecule has 0 aliphatic heterocycles. The molecule has 0 aliphatic rings. The summed E-state index contributed by atoms with van der Waals surface area (Å²) in [5, 5.41) is 7.18. The molecule has 1 N–H and O–H groups in total. The summed E-state index contributed by atoms with van der Waals surface area (Å²) in [6, 6.07) is 7.86. The zero-order valence-electron chi connectivity index (χ0n) is 11.9. The molecule has 0 unspecified atom stereocenters. The number of halogens is 1. The van der Waals surface area contributed by atoms with E-state index in [-0.39, 0.29) is 11.6 Å². The zero-order valence-corrected chi connectivity index (χ0v) is 12.6. The molecule has 1 amide bonds. The topological polar surface area (TPSA) is 46.9 Å². The van der Waals surface area contributed by atoms with Gasteiger partial charge in [-0.25, -0.2) is 0 Å². The van der Waals surface area contributed by atoms with Crippen LogP contribution in [0.2, 0.25) is 5.02 Å². The van der Waals surface area contributed by atoms with Gasteiger partial charge in [-0.3, -0.25) is 9.48 Å². The Labute approximate surface area is 123 Å². The van der Waals surface area contributed by atoms with Crippen molar-refractivity contribution in [2.45, 2.75) is 26.2 Å². The molecule has 5 heteroatoms. The molecule has 4 nitrogen and oxygen atoms in total. The van der Waals surface area contributed by atoms with Crippen molar-refractivity contribution < 1.29 is 4.79 Å². The molecule has 0 radical (unpaired) electrons. The van der Waals surface area contributed by atoms with Crippen LogP contribution in [0, 0.1) is 0 Å². The average Bonchev–Trinajstić information content (AvgIpc) is 2.78. The van der Waals surface area contributed by atoms with Crippen LogP contribution in [-0.4, -0.2) is 15.7 Å². The first-order valence-electron chi connectivity index (χ1n) is 6.61. The number of carbonyl (C=O) groups excluding carboxylic acids is 1. The van der Waals surface area contributed by atoms with E-state index in [2.05, 4.69) is 24.3 Å². The van der Waals surface area contributed by atoms with Gasteiger partial charge in [-0.1, -0.05) is 37.6 Å². The molecule has 1 aromatic heterocycles. The molecular weight excluding hydrogens is 274 g/mol. The number of anilines is 1. The fraction of sp³-hybridized carbons (Fsp3) is 0.333. The Morgan fingerprint density at radius 2 is 2.05 bits per heavy atom. The molecule has 1 aromatic carbocycles.